The molecule has 0 spiro atoms. The topological polar surface area (TPSA) is 38.1 Å². The Bertz CT molecular complexity index is 728. The van der Waals surface area contributed by atoms with Crippen LogP contribution >= 0.6 is 0 Å². The van der Waals surface area contributed by atoms with Gasteiger partial charge in [-0.15, -0.1) is 0 Å². The molecule has 3 aromatic rings. The van der Waals surface area contributed by atoms with Crippen LogP contribution in [-0.2, 0) is 7.05 Å². The fraction of sp³-hybridized carbons (Fsp3) is 0.188. The standard InChI is InChI=1S/C16H16N2O/c1-11(19)12-4-3-5-13(10-12)14-6-8-17-16-15(14)7-9-18(16)2/h3-11,19H,1-2H3/t11-/m1/s1. The van der Waals surface area contributed by atoms with E-state index in [9.17, 15) is 5.11 Å². The highest BCUT2D eigenvalue weighted by atomic mass is 16.3. The maximum absolute atomic E-state index is 9.70. The van der Waals surface area contributed by atoms with Gasteiger partial charge in [-0.2, -0.15) is 0 Å². The van der Waals surface area contributed by atoms with Gasteiger partial charge in [-0.1, -0.05) is 18.2 Å². The van der Waals surface area contributed by atoms with Crippen LogP contribution in [0.4, 0.5) is 0 Å². The predicted molar refractivity (Wildman–Crippen MR) is 76.8 cm³/mol. The summed E-state index contributed by atoms with van der Waals surface area (Å²) in [5.74, 6) is 0. The molecule has 2 aromatic heterocycles. The Morgan fingerprint density at radius 3 is 2.84 bits per heavy atom. The summed E-state index contributed by atoms with van der Waals surface area (Å²) in [6.45, 7) is 1.78. The van der Waals surface area contributed by atoms with Gasteiger partial charge < -0.3 is 9.67 Å². The van der Waals surface area contributed by atoms with Crippen LogP contribution in [0.5, 0.6) is 0 Å². The van der Waals surface area contributed by atoms with Gasteiger partial charge in [-0.3, -0.25) is 0 Å². The van der Waals surface area contributed by atoms with Gasteiger partial charge in [0.25, 0.3) is 0 Å². The minimum absolute atomic E-state index is 0.451. The van der Waals surface area contributed by atoms with Crippen molar-refractivity contribution in [3.05, 3.63) is 54.4 Å². The van der Waals surface area contributed by atoms with Crippen molar-refractivity contribution in [1.29, 1.82) is 0 Å². The Morgan fingerprint density at radius 2 is 2.05 bits per heavy atom. The van der Waals surface area contributed by atoms with Crippen molar-refractivity contribution in [2.24, 2.45) is 7.05 Å². The third-order valence-electron chi connectivity index (χ3n) is 3.45. The number of aromatic nitrogens is 2. The summed E-state index contributed by atoms with van der Waals surface area (Å²) in [6.07, 6.45) is 3.39. The number of nitrogens with zero attached hydrogens (tertiary/aromatic N) is 2. The Morgan fingerprint density at radius 1 is 1.21 bits per heavy atom. The van der Waals surface area contributed by atoms with E-state index < -0.39 is 6.10 Å². The lowest BCUT2D eigenvalue weighted by molar-refractivity contribution is 0.199. The summed E-state index contributed by atoms with van der Waals surface area (Å²) in [5, 5.41) is 10.8. The molecule has 2 heterocycles. The molecule has 1 aromatic carbocycles. The molecule has 0 aliphatic heterocycles. The Hall–Kier alpha value is -2.13. The molecule has 0 aliphatic carbocycles. The van der Waals surface area contributed by atoms with E-state index in [1.54, 1.807) is 6.92 Å². The first kappa shape index (κ1) is 11.9. The first-order valence-corrected chi connectivity index (χ1v) is 6.35. The van der Waals surface area contributed by atoms with E-state index in [2.05, 4.69) is 17.1 Å². The van der Waals surface area contributed by atoms with Crippen LogP contribution in [0.3, 0.4) is 0 Å². The highest BCUT2D eigenvalue weighted by Crippen LogP contribution is 2.29. The predicted octanol–water partition coefficient (Wildman–Crippen LogP) is 3.29. The average Bonchev–Trinajstić information content (AvgIpc) is 2.81. The van der Waals surface area contributed by atoms with Crippen molar-refractivity contribution in [3.8, 4) is 11.1 Å². The summed E-state index contributed by atoms with van der Waals surface area (Å²) in [4.78, 5) is 4.40. The van der Waals surface area contributed by atoms with Crippen LogP contribution in [0.25, 0.3) is 22.2 Å². The molecular formula is C16H16N2O. The third-order valence-corrected chi connectivity index (χ3v) is 3.45. The fourth-order valence-corrected chi connectivity index (χ4v) is 2.38. The number of hydrogen-bond acceptors (Lipinski definition) is 2. The molecule has 1 atom stereocenters. The molecule has 3 rings (SSSR count). The second kappa shape index (κ2) is 4.52. The summed E-state index contributed by atoms with van der Waals surface area (Å²) in [5.41, 5.74) is 4.16. The molecule has 96 valence electrons. The number of aryl methyl sites for hydroxylation is 1. The lowest BCUT2D eigenvalue weighted by atomic mass is 10.00. The number of fused-ring (bicyclic) bond motifs is 1. The number of aliphatic hydroxyl groups is 1. The zero-order valence-electron chi connectivity index (χ0n) is 11.0. The van der Waals surface area contributed by atoms with Gasteiger partial charge in [0.1, 0.15) is 5.65 Å². The maximum atomic E-state index is 9.70. The number of hydrogen-bond donors (Lipinski definition) is 1. The largest absolute Gasteiger partial charge is 0.389 e. The average molecular weight is 252 g/mol. The van der Waals surface area contributed by atoms with E-state index in [0.717, 1.165) is 27.7 Å². The van der Waals surface area contributed by atoms with E-state index in [-0.39, 0.29) is 0 Å². The zero-order valence-corrected chi connectivity index (χ0v) is 11.0. The molecule has 0 saturated heterocycles. The molecule has 3 nitrogen and oxygen atoms in total. The summed E-state index contributed by atoms with van der Waals surface area (Å²) in [7, 11) is 1.99. The molecule has 0 unspecified atom stereocenters. The van der Waals surface area contributed by atoms with Gasteiger partial charge in [0.2, 0.25) is 0 Å². The number of rotatable bonds is 2. The normalized spacial score (nSPS) is 12.8. The molecule has 0 fully saturated rings. The second-order valence-electron chi connectivity index (χ2n) is 4.82. The SMILES string of the molecule is C[C@@H](O)c1cccc(-c2ccnc3c2ccn3C)c1. The molecule has 0 amide bonds. The van der Waals surface area contributed by atoms with E-state index in [4.69, 9.17) is 0 Å². The minimum atomic E-state index is -0.451. The van der Waals surface area contributed by atoms with Crippen LogP contribution in [0.1, 0.15) is 18.6 Å². The number of pyridine rings is 1. The second-order valence-corrected chi connectivity index (χ2v) is 4.82. The Balaban J connectivity index is 2.21. The van der Waals surface area contributed by atoms with Crippen molar-refractivity contribution in [3.63, 3.8) is 0 Å². The lowest BCUT2D eigenvalue weighted by Crippen LogP contribution is -1.92. The molecule has 0 bridgehead atoms. The van der Waals surface area contributed by atoms with Crippen LogP contribution in [-0.4, -0.2) is 14.7 Å². The van der Waals surface area contributed by atoms with Gasteiger partial charge in [-0.05, 0) is 41.8 Å². The minimum Gasteiger partial charge on any atom is -0.389 e. The summed E-state index contributed by atoms with van der Waals surface area (Å²) < 4.78 is 2.01. The third kappa shape index (κ3) is 2.02. The lowest BCUT2D eigenvalue weighted by Gasteiger charge is -2.08. The number of benzene rings is 1. The van der Waals surface area contributed by atoms with Crippen LogP contribution in [0, 0.1) is 0 Å². The molecule has 0 aliphatic rings. The van der Waals surface area contributed by atoms with Gasteiger partial charge in [0, 0.05) is 24.8 Å². The van der Waals surface area contributed by atoms with Crippen molar-refractivity contribution >= 4 is 11.0 Å². The highest BCUT2D eigenvalue weighted by Gasteiger charge is 2.08. The summed E-state index contributed by atoms with van der Waals surface area (Å²) >= 11 is 0. The molecule has 0 radical (unpaired) electrons. The summed E-state index contributed by atoms with van der Waals surface area (Å²) in [6, 6.07) is 12.1. The van der Waals surface area contributed by atoms with E-state index in [0.29, 0.717) is 0 Å². The molecule has 1 N–H and O–H groups in total. The first-order chi connectivity index (χ1) is 9.16. The first-order valence-electron chi connectivity index (χ1n) is 6.35. The molecule has 0 saturated carbocycles. The Kier molecular flexibility index (Phi) is 2.84. The van der Waals surface area contributed by atoms with E-state index in [1.165, 1.54) is 0 Å². The maximum Gasteiger partial charge on any atom is 0.140 e. The van der Waals surface area contributed by atoms with Crippen molar-refractivity contribution in [2.75, 3.05) is 0 Å². The highest BCUT2D eigenvalue weighted by molar-refractivity contribution is 5.93. The van der Waals surface area contributed by atoms with Crippen molar-refractivity contribution < 1.29 is 5.11 Å². The monoisotopic (exact) mass is 252 g/mol. The molecule has 3 heteroatoms. The van der Waals surface area contributed by atoms with Crippen LogP contribution < -0.4 is 0 Å². The zero-order chi connectivity index (χ0) is 13.4. The van der Waals surface area contributed by atoms with Crippen molar-refractivity contribution in [1.82, 2.24) is 9.55 Å². The van der Waals surface area contributed by atoms with Crippen LogP contribution in [0.2, 0.25) is 0 Å². The van der Waals surface area contributed by atoms with E-state index in [1.807, 2.05) is 48.3 Å². The molecule has 19 heavy (non-hydrogen) atoms. The fourth-order valence-electron chi connectivity index (χ4n) is 2.38. The van der Waals surface area contributed by atoms with Gasteiger partial charge in [0.05, 0.1) is 6.10 Å². The van der Waals surface area contributed by atoms with Gasteiger partial charge in [0.15, 0.2) is 0 Å². The Labute approximate surface area is 112 Å². The van der Waals surface area contributed by atoms with Crippen molar-refractivity contribution in [2.45, 2.75) is 13.0 Å². The quantitative estimate of drug-likeness (QED) is 0.760. The number of aliphatic hydroxyl groups excluding tert-OH is 1. The van der Waals surface area contributed by atoms with Crippen LogP contribution in [0.15, 0.2) is 48.8 Å². The van der Waals surface area contributed by atoms with E-state index >= 15 is 0 Å². The smallest absolute Gasteiger partial charge is 0.140 e. The molecular weight excluding hydrogens is 236 g/mol. The van der Waals surface area contributed by atoms with Gasteiger partial charge >= 0.3 is 0 Å². The van der Waals surface area contributed by atoms with Gasteiger partial charge in [-0.25, -0.2) is 4.98 Å².